The average Bonchev–Trinajstić information content (AvgIpc) is 3.14. The molecule has 0 aliphatic carbocycles. The molecule has 0 aliphatic rings. The molecular formula is C27H29N3O2. The molecule has 4 rings (SSSR count). The number of carboxylic acids is 1. The molecule has 1 N–H and O–H groups in total. The van der Waals surface area contributed by atoms with Gasteiger partial charge in [0.2, 0.25) is 0 Å². The van der Waals surface area contributed by atoms with Crippen LogP contribution in [0.15, 0.2) is 66.7 Å². The maximum Gasteiger partial charge on any atom is 0.336 e. The van der Waals surface area contributed by atoms with E-state index in [1.807, 2.05) is 38.4 Å². The summed E-state index contributed by atoms with van der Waals surface area (Å²) in [7, 11) is 4.10. The molecule has 0 saturated heterocycles. The number of imidazole rings is 1. The van der Waals surface area contributed by atoms with Gasteiger partial charge in [0.15, 0.2) is 0 Å². The largest absolute Gasteiger partial charge is 0.478 e. The number of aromatic nitrogens is 2. The third-order valence-corrected chi connectivity index (χ3v) is 5.84. The Kier molecular flexibility index (Phi) is 6.26. The highest BCUT2D eigenvalue weighted by molar-refractivity contribution is 5.96. The molecule has 0 radical (unpaired) electrons. The molecule has 1 aromatic heterocycles. The first-order valence-electron chi connectivity index (χ1n) is 11.1. The van der Waals surface area contributed by atoms with Gasteiger partial charge < -0.3 is 14.6 Å². The molecule has 0 aliphatic heterocycles. The summed E-state index contributed by atoms with van der Waals surface area (Å²) in [4.78, 5) is 18.6. The van der Waals surface area contributed by atoms with E-state index >= 15 is 0 Å². The first-order chi connectivity index (χ1) is 15.5. The van der Waals surface area contributed by atoms with Crippen LogP contribution in [0.25, 0.3) is 22.2 Å². The summed E-state index contributed by atoms with van der Waals surface area (Å²) in [6.45, 7) is 2.93. The van der Waals surface area contributed by atoms with Crippen molar-refractivity contribution in [2.45, 2.75) is 32.7 Å². The Balaban J connectivity index is 1.70. The molecule has 0 spiro atoms. The molecule has 4 aromatic rings. The molecule has 0 fully saturated rings. The molecular weight excluding hydrogens is 398 g/mol. The zero-order valence-corrected chi connectivity index (χ0v) is 18.9. The highest BCUT2D eigenvalue weighted by Crippen LogP contribution is 2.27. The van der Waals surface area contributed by atoms with Gasteiger partial charge in [-0.05, 0) is 47.4 Å². The third-order valence-electron chi connectivity index (χ3n) is 5.84. The fourth-order valence-electron chi connectivity index (χ4n) is 4.03. The van der Waals surface area contributed by atoms with E-state index in [1.165, 1.54) is 0 Å². The number of unbranched alkanes of at least 4 members (excludes halogenated alkanes) is 1. The number of carbonyl (C=O) groups is 1. The number of fused-ring (bicyclic) bond motifs is 1. The molecule has 0 amide bonds. The predicted molar refractivity (Wildman–Crippen MR) is 131 cm³/mol. The Morgan fingerprint density at radius 3 is 2.47 bits per heavy atom. The number of carboxylic acid groups (broad SMARTS) is 1. The molecule has 5 heteroatoms. The number of aromatic carboxylic acids is 1. The SMILES string of the molecule is CCCCc1nc2ccc(N(C)C)cc2n1Cc1ccc(-c2ccccc2C(=O)O)cc1. The third kappa shape index (κ3) is 4.37. The Morgan fingerprint density at radius 1 is 1.03 bits per heavy atom. The van der Waals surface area contributed by atoms with Crippen LogP contribution < -0.4 is 4.90 Å². The van der Waals surface area contributed by atoms with Crippen LogP contribution in [-0.4, -0.2) is 34.7 Å². The highest BCUT2D eigenvalue weighted by atomic mass is 16.4. The van der Waals surface area contributed by atoms with E-state index in [4.69, 9.17) is 4.98 Å². The van der Waals surface area contributed by atoms with Crippen LogP contribution in [-0.2, 0) is 13.0 Å². The number of nitrogens with zero attached hydrogens (tertiary/aromatic N) is 3. The van der Waals surface area contributed by atoms with Crippen molar-refractivity contribution >= 4 is 22.7 Å². The van der Waals surface area contributed by atoms with Crippen molar-refractivity contribution in [3.63, 3.8) is 0 Å². The Labute approximate surface area is 189 Å². The topological polar surface area (TPSA) is 58.4 Å². The van der Waals surface area contributed by atoms with Crippen molar-refractivity contribution < 1.29 is 9.90 Å². The monoisotopic (exact) mass is 427 g/mol. The van der Waals surface area contributed by atoms with Crippen molar-refractivity contribution in [3.8, 4) is 11.1 Å². The van der Waals surface area contributed by atoms with E-state index in [2.05, 4.69) is 46.7 Å². The lowest BCUT2D eigenvalue weighted by Crippen LogP contribution is -2.09. The maximum atomic E-state index is 11.6. The summed E-state index contributed by atoms with van der Waals surface area (Å²) in [6, 6.07) is 21.7. The van der Waals surface area contributed by atoms with E-state index in [-0.39, 0.29) is 0 Å². The van der Waals surface area contributed by atoms with E-state index in [0.717, 1.165) is 65.0 Å². The smallest absolute Gasteiger partial charge is 0.336 e. The van der Waals surface area contributed by atoms with Crippen molar-refractivity contribution in [2.75, 3.05) is 19.0 Å². The van der Waals surface area contributed by atoms with Crippen molar-refractivity contribution in [3.05, 3.63) is 83.7 Å². The van der Waals surface area contributed by atoms with Crippen molar-refractivity contribution in [2.24, 2.45) is 0 Å². The van der Waals surface area contributed by atoms with Gasteiger partial charge in [-0.1, -0.05) is 55.8 Å². The minimum absolute atomic E-state index is 0.318. The fraction of sp³-hybridized carbons (Fsp3) is 0.259. The van der Waals surface area contributed by atoms with Crippen LogP contribution >= 0.6 is 0 Å². The number of aryl methyl sites for hydroxylation is 1. The van der Waals surface area contributed by atoms with Crippen LogP contribution in [0.1, 0.15) is 41.5 Å². The maximum absolute atomic E-state index is 11.6. The van der Waals surface area contributed by atoms with Crippen molar-refractivity contribution in [1.82, 2.24) is 9.55 Å². The Bertz CT molecular complexity index is 1240. The Hall–Kier alpha value is -3.60. The first-order valence-corrected chi connectivity index (χ1v) is 11.1. The van der Waals surface area contributed by atoms with Crippen LogP contribution in [0, 0.1) is 0 Å². The lowest BCUT2D eigenvalue weighted by molar-refractivity contribution is 0.0697. The van der Waals surface area contributed by atoms with E-state index < -0.39 is 5.97 Å². The summed E-state index contributed by atoms with van der Waals surface area (Å²) >= 11 is 0. The van der Waals surface area contributed by atoms with Gasteiger partial charge in [-0.25, -0.2) is 9.78 Å². The quantitative estimate of drug-likeness (QED) is 0.383. The first kappa shape index (κ1) is 21.6. The van der Waals surface area contributed by atoms with Gasteiger partial charge in [-0.3, -0.25) is 0 Å². The number of hydrogen-bond donors (Lipinski definition) is 1. The second kappa shape index (κ2) is 9.27. The van der Waals surface area contributed by atoms with Gasteiger partial charge in [0.05, 0.1) is 16.6 Å². The Morgan fingerprint density at radius 2 is 1.78 bits per heavy atom. The van der Waals surface area contributed by atoms with E-state index in [1.54, 1.807) is 12.1 Å². The number of hydrogen-bond acceptors (Lipinski definition) is 3. The van der Waals surface area contributed by atoms with Gasteiger partial charge in [0, 0.05) is 32.7 Å². The zero-order chi connectivity index (χ0) is 22.7. The number of benzene rings is 3. The van der Waals surface area contributed by atoms with Crippen molar-refractivity contribution in [1.29, 1.82) is 0 Å². The summed E-state index contributed by atoms with van der Waals surface area (Å²) in [5.41, 5.74) is 6.44. The van der Waals surface area contributed by atoms with Gasteiger partial charge in [-0.15, -0.1) is 0 Å². The van der Waals surface area contributed by atoms with Crippen LogP contribution in [0.4, 0.5) is 5.69 Å². The minimum atomic E-state index is -0.910. The lowest BCUT2D eigenvalue weighted by Gasteiger charge is -2.14. The van der Waals surface area contributed by atoms with E-state index in [0.29, 0.717) is 5.56 Å². The normalized spacial score (nSPS) is 11.1. The van der Waals surface area contributed by atoms with Gasteiger partial charge >= 0.3 is 5.97 Å². The van der Waals surface area contributed by atoms with E-state index in [9.17, 15) is 9.90 Å². The van der Waals surface area contributed by atoms with Crippen LogP contribution in [0.2, 0.25) is 0 Å². The van der Waals surface area contributed by atoms with Gasteiger partial charge in [0.25, 0.3) is 0 Å². The predicted octanol–water partition coefficient (Wildman–Crippen LogP) is 5.86. The van der Waals surface area contributed by atoms with Gasteiger partial charge in [-0.2, -0.15) is 0 Å². The summed E-state index contributed by atoms with van der Waals surface area (Å²) in [6.07, 6.45) is 3.19. The molecule has 5 nitrogen and oxygen atoms in total. The second-order valence-corrected chi connectivity index (χ2v) is 8.33. The minimum Gasteiger partial charge on any atom is -0.478 e. The second-order valence-electron chi connectivity index (χ2n) is 8.33. The highest BCUT2D eigenvalue weighted by Gasteiger charge is 2.14. The molecule has 0 atom stereocenters. The number of rotatable bonds is 8. The molecule has 0 bridgehead atoms. The van der Waals surface area contributed by atoms with Gasteiger partial charge in [0.1, 0.15) is 5.82 Å². The molecule has 1 heterocycles. The molecule has 32 heavy (non-hydrogen) atoms. The summed E-state index contributed by atoms with van der Waals surface area (Å²) in [5.74, 6) is 0.199. The summed E-state index contributed by atoms with van der Waals surface area (Å²) < 4.78 is 2.32. The van der Waals surface area contributed by atoms with Crippen LogP contribution in [0.3, 0.4) is 0 Å². The standard InChI is InChI=1S/C27H29N3O2/c1-4-5-10-26-28-24-16-15-21(29(2)3)17-25(24)30(26)18-19-11-13-20(14-12-19)22-8-6-7-9-23(22)27(31)32/h6-9,11-17H,4-5,10,18H2,1-3H3,(H,31,32). The zero-order valence-electron chi connectivity index (χ0n) is 18.9. The molecule has 3 aromatic carbocycles. The number of anilines is 1. The average molecular weight is 428 g/mol. The molecule has 0 saturated carbocycles. The molecule has 0 unspecified atom stereocenters. The van der Waals surface area contributed by atoms with Crippen LogP contribution in [0.5, 0.6) is 0 Å². The lowest BCUT2D eigenvalue weighted by atomic mass is 9.99. The molecule has 164 valence electrons. The summed E-state index contributed by atoms with van der Waals surface area (Å²) in [5, 5.41) is 9.50. The fourth-order valence-corrected chi connectivity index (χ4v) is 4.03.